The van der Waals surface area contributed by atoms with Gasteiger partial charge in [0, 0.05) is 37.6 Å². The van der Waals surface area contributed by atoms with E-state index in [0.717, 1.165) is 16.2 Å². The van der Waals surface area contributed by atoms with Crippen molar-refractivity contribution >= 4 is 23.3 Å². The fraction of sp³-hybridized carbons (Fsp3) is 0.364. The van der Waals surface area contributed by atoms with Crippen LogP contribution in [0.15, 0.2) is 36.7 Å². The number of anilines is 1. The van der Waals surface area contributed by atoms with Crippen molar-refractivity contribution in [2.45, 2.75) is 26.4 Å². The first-order valence-electron chi connectivity index (χ1n) is 10.3. The van der Waals surface area contributed by atoms with E-state index in [4.69, 9.17) is 9.47 Å². The fourth-order valence-electron chi connectivity index (χ4n) is 3.45. The number of hydrazine groups is 1. The van der Waals surface area contributed by atoms with E-state index >= 15 is 0 Å². The van der Waals surface area contributed by atoms with Crippen LogP contribution < -0.4 is 15.5 Å². The number of pyridine rings is 2. The number of urea groups is 1. The number of ether oxygens (including phenoxy) is 2. The third-order valence-electron chi connectivity index (χ3n) is 5.21. The average molecular weight is 438 g/mol. The normalized spacial score (nSPS) is 17.9. The van der Waals surface area contributed by atoms with Crippen molar-refractivity contribution < 1.29 is 19.1 Å². The third kappa shape index (κ3) is 4.56. The van der Waals surface area contributed by atoms with Gasteiger partial charge in [0.2, 0.25) is 0 Å². The largest absolute Gasteiger partial charge is 0.455 e. The van der Waals surface area contributed by atoms with Crippen LogP contribution in [0.3, 0.4) is 0 Å². The molecule has 32 heavy (non-hydrogen) atoms. The Morgan fingerprint density at radius 1 is 1.31 bits per heavy atom. The third-order valence-corrected chi connectivity index (χ3v) is 5.21. The highest BCUT2D eigenvalue weighted by atomic mass is 16.5. The Balaban J connectivity index is 1.44. The Hall–Kier alpha value is -3.50. The molecule has 0 aromatic carbocycles. The fourth-order valence-corrected chi connectivity index (χ4v) is 3.45. The summed E-state index contributed by atoms with van der Waals surface area (Å²) in [4.78, 5) is 35.0. The molecule has 2 aromatic rings. The van der Waals surface area contributed by atoms with Crippen LogP contribution in [0.2, 0.25) is 0 Å². The molecule has 2 aliphatic rings. The van der Waals surface area contributed by atoms with Crippen molar-refractivity contribution in [1.82, 2.24) is 25.3 Å². The van der Waals surface area contributed by atoms with Crippen LogP contribution in [0, 0.1) is 6.92 Å². The van der Waals surface area contributed by atoms with E-state index in [1.165, 1.54) is 0 Å². The highest BCUT2D eigenvalue weighted by Crippen LogP contribution is 2.27. The Morgan fingerprint density at radius 2 is 2.12 bits per heavy atom. The molecule has 3 amide bonds. The zero-order chi connectivity index (χ0) is 22.9. The quantitative estimate of drug-likeness (QED) is 0.750. The number of hydrogen-bond donors (Lipinski definition) is 2. The SMILES string of the molecule is Cc1nc(NC(=O)N2CCOC(C)(C)C2=O)ccc1Oc1ccnc(C2=CN(C)NC2)c1. The molecule has 1 saturated heterocycles. The number of carbonyl (C=O) groups excluding carboxylic acids is 2. The van der Waals surface area contributed by atoms with E-state index in [-0.39, 0.29) is 12.5 Å². The van der Waals surface area contributed by atoms with Crippen LogP contribution in [0.25, 0.3) is 5.57 Å². The van der Waals surface area contributed by atoms with Crippen LogP contribution in [-0.2, 0) is 9.53 Å². The highest BCUT2D eigenvalue weighted by Gasteiger charge is 2.39. The summed E-state index contributed by atoms with van der Waals surface area (Å²) in [5.41, 5.74) is 4.64. The number of aryl methyl sites for hydroxylation is 1. The summed E-state index contributed by atoms with van der Waals surface area (Å²) in [6, 6.07) is 6.48. The Bertz CT molecular complexity index is 1080. The van der Waals surface area contributed by atoms with Crippen molar-refractivity contribution in [3.63, 3.8) is 0 Å². The summed E-state index contributed by atoms with van der Waals surface area (Å²) in [6.07, 6.45) is 3.68. The summed E-state index contributed by atoms with van der Waals surface area (Å²) < 4.78 is 11.4. The second kappa shape index (κ2) is 8.56. The van der Waals surface area contributed by atoms with Crippen molar-refractivity contribution in [2.75, 3.05) is 32.1 Å². The molecular weight excluding hydrogens is 412 g/mol. The summed E-state index contributed by atoms with van der Waals surface area (Å²) in [6.45, 7) is 6.26. The van der Waals surface area contributed by atoms with Crippen LogP contribution in [0.4, 0.5) is 10.6 Å². The standard InChI is InChI=1S/C22H26N6O4/c1-14-18(32-16-7-8-23-17(11-16)15-12-24-27(4)13-15)5-6-19(25-14)26-21(30)28-9-10-31-22(2,3)20(28)29/h5-8,11,13,24H,9-10,12H2,1-4H3,(H,25,26,30). The van der Waals surface area contributed by atoms with E-state index in [2.05, 4.69) is 20.7 Å². The summed E-state index contributed by atoms with van der Waals surface area (Å²) in [5.74, 6) is 1.13. The molecule has 4 heterocycles. The van der Waals surface area contributed by atoms with E-state index in [0.29, 0.717) is 36.2 Å². The van der Waals surface area contributed by atoms with Crippen molar-refractivity contribution in [1.29, 1.82) is 0 Å². The number of rotatable bonds is 4. The first-order valence-corrected chi connectivity index (χ1v) is 10.3. The van der Waals surface area contributed by atoms with Gasteiger partial charge in [0.15, 0.2) is 0 Å². The van der Waals surface area contributed by atoms with E-state index in [1.807, 2.05) is 24.3 Å². The van der Waals surface area contributed by atoms with Crippen LogP contribution in [0.5, 0.6) is 11.5 Å². The minimum atomic E-state index is -1.03. The molecular formula is C22H26N6O4. The summed E-state index contributed by atoms with van der Waals surface area (Å²) in [7, 11) is 1.93. The molecule has 0 atom stereocenters. The number of imide groups is 1. The van der Waals surface area contributed by atoms with Gasteiger partial charge in [-0.2, -0.15) is 0 Å². The molecule has 10 nitrogen and oxygen atoms in total. The molecule has 2 N–H and O–H groups in total. The van der Waals surface area contributed by atoms with Crippen LogP contribution >= 0.6 is 0 Å². The number of aromatic nitrogens is 2. The van der Waals surface area contributed by atoms with Crippen molar-refractivity contribution in [3.05, 3.63) is 48.1 Å². The number of carbonyl (C=O) groups is 2. The summed E-state index contributed by atoms with van der Waals surface area (Å²) in [5, 5.41) is 4.56. The van der Waals surface area contributed by atoms with Gasteiger partial charge in [0.25, 0.3) is 5.91 Å². The number of amides is 3. The van der Waals surface area contributed by atoms with Crippen LogP contribution in [-0.4, -0.2) is 64.2 Å². The zero-order valence-electron chi connectivity index (χ0n) is 18.5. The molecule has 0 unspecified atom stereocenters. The number of morpholine rings is 1. The maximum Gasteiger partial charge on any atom is 0.329 e. The Morgan fingerprint density at radius 3 is 2.84 bits per heavy atom. The van der Waals surface area contributed by atoms with Gasteiger partial charge in [-0.25, -0.2) is 15.2 Å². The van der Waals surface area contributed by atoms with Crippen molar-refractivity contribution in [2.24, 2.45) is 0 Å². The lowest BCUT2D eigenvalue weighted by atomic mass is 10.1. The van der Waals surface area contributed by atoms with Gasteiger partial charge < -0.3 is 14.5 Å². The minimum Gasteiger partial charge on any atom is -0.455 e. The van der Waals surface area contributed by atoms with E-state index in [1.54, 1.807) is 45.2 Å². The number of hydrogen-bond acceptors (Lipinski definition) is 8. The van der Waals surface area contributed by atoms with Crippen molar-refractivity contribution in [3.8, 4) is 11.5 Å². The second-order valence-corrected chi connectivity index (χ2v) is 8.10. The summed E-state index contributed by atoms with van der Waals surface area (Å²) >= 11 is 0. The molecule has 10 heteroatoms. The predicted molar refractivity (Wildman–Crippen MR) is 118 cm³/mol. The zero-order valence-corrected chi connectivity index (χ0v) is 18.5. The van der Waals surface area contributed by atoms with E-state index in [9.17, 15) is 9.59 Å². The molecule has 0 bridgehead atoms. The Kier molecular flexibility index (Phi) is 5.81. The second-order valence-electron chi connectivity index (χ2n) is 8.10. The lowest BCUT2D eigenvalue weighted by Crippen LogP contribution is -2.56. The maximum absolute atomic E-state index is 12.6. The minimum absolute atomic E-state index is 0.195. The topological polar surface area (TPSA) is 109 Å². The smallest absolute Gasteiger partial charge is 0.329 e. The first kappa shape index (κ1) is 21.7. The monoisotopic (exact) mass is 438 g/mol. The van der Waals surface area contributed by atoms with Gasteiger partial charge >= 0.3 is 6.03 Å². The molecule has 168 valence electrons. The molecule has 0 aliphatic carbocycles. The van der Waals surface area contributed by atoms with Gasteiger partial charge in [-0.1, -0.05) is 0 Å². The number of nitrogens with zero attached hydrogens (tertiary/aromatic N) is 4. The average Bonchev–Trinajstić information content (AvgIpc) is 3.18. The molecule has 2 aliphatic heterocycles. The molecule has 0 radical (unpaired) electrons. The molecule has 1 fully saturated rings. The molecule has 0 saturated carbocycles. The predicted octanol–water partition coefficient (Wildman–Crippen LogP) is 2.54. The van der Waals surface area contributed by atoms with Gasteiger partial charge in [-0.05, 0) is 39.0 Å². The highest BCUT2D eigenvalue weighted by molar-refractivity contribution is 6.03. The lowest BCUT2D eigenvalue weighted by Gasteiger charge is -2.35. The molecule has 4 rings (SSSR count). The van der Waals surface area contributed by atoms with Gasteiger partial charge in [0.05, 0.1) is 24.5 Å². The van der Waals surface area contributed by atoms with Gasteiger partial charge in [-0.3, -0.25) is 20.0 Å². The first-order chi connectivity index (χ1) is 15.2. The maximum atomic E-state index is 12.6. The molecule has 2 aromatic heterocycles. The Labute approximate surface area is 186 Å². The van der Waals surface area contributed by atoms with Gasteiger partial charge in [0.1, 0.15) is 22.9 Å². The van der Waals surface area contributed by atoms with Gasteiger partial charge in [-0.15, -0.1) is 0 Å². The molecule has 0 spiro atoms. The lowest BCUT2D eigenvalue weighted by molar-refractivity contribution is -0.160. The number of nitrogens with one attached hydrogen (secondary N) is 2. The van der Waals surface area contributed by atoms with E-state index < -0.39 is 11.6 Å². The van der Waals surface area contributed by atoms with Crippen LogP contribution in [0.1, 0.15) is 25.2 Å².